The van der Waals surface area contributed by atoms with Gasteiger partial charge in [0.1, 0.15) is 5.82 Å². The van der Waals surface area contributed by atoms with Crippen molar-refractivity contribution in [1.82, 2.24) is 4.90 Å². The number of halogens is 2. The standard InChI is InChI=1S/C25H31ClFN3O2/c26-17-12-20-23(21(27)13-17)29-22(15-4-2-1-3-5-15)19-7-6-18(32-24(19)20)14-30-10-8-16(9-11-30)25(28)31/h1-4,12-13,15-16,18-19,22,24,29H,5-11,14H2,(H2,28,31)/t15?,18-,19+,22+,24+/m1/s1. The number of anilines is 1. The summed E-state index contributed by atoms with van der Waals surface area (Å²) in [5.41, 5.74) is 6.85. The highest BCUT2D eigenvalue weighted by Gasteiger charge is 2.45. The van der Waals surface area contributed by atoms with E-state index in [9.17, 15) is 9.18 Å². The molecule has 1 aromatic carbocycles. The lowest BCUT2D eigenvalue weighted by Gasteiger charge is -2.48. The predicted molar refractivity (Wildman–Crippen MR) is 124 cm³/mol. The van der Waals surface area contributed by atoms with Gasteiger partial charge < -0.3 is 20.7 Å². The van der Waals surface area contributed by atoms with E-state index in [-0.39, 0.29) is 41.8 Å². The number of ether oxygens (including phenoxy) is 1. The van der Waals surface area contributed by atoms with Crippen LogP contribution in [0.4, 0.5) is 10.1 Å². The van der Waals surface area contributed by atoms with E-state index in [1.807, 2.05) is 6.07 Å². The van der Waals surface area contributed by atoms with Crippen LogP contribution in [-0.4, -0.2) is 42.6 Å². The molecule has 7 heteroatoms. The first-order valence-corrected chi connectivity index (χ1v) is 12.1. The van der Waals surface area contributed by atoms with Crippen LogP contribution < -0.4 is 11.1 Å². The van der Waals surface area contributed by atoms with Gasteiger partial charge in [0.25, 0.3) is 0 Å². The highest BCUT2D eigenvalue weighted by atomic mass is 35.5. The topological polar surface area (TPSA) is 67.6 Å². The molecule has 1 aromatic rings. The Morgan fingerprint density at radius 1 is 1.22 bits per heavy atom. The van der Waals surface area contributed by atoms with Crippen LogP contribution >= 0.6 is 11.6 Å². The molecule has 2 fully saturated rings. The van der Waals surface area contributed by atoms with Crippen LogP contribution in [0.25, 0.3) is 0 Å². The van der Waals surface area contributed by atoms with E-state index in [0.717, 1.165) is 57.3 Å². The third kappa shape index (κ3) is 4.33. The van der Waals surface area contributed by atoms with E-state index >= 15 is 0 Å². The lowest BCUT2D eigenvalue weighted by Crippen LogP contribution is -2.49. The molecule has 3 N–H and O–H groups in total. The molecule has 3 aliphatic heterocycles. The van der Waals surface area contributed by atoms with Crippen LogP contribution in [0.3, 0.4) is 0 Å². The molecule has 172 valence electrons. The van der Waals surface area contributed by atoms with Gasteiger partial charge in [-0.2, -0.15) is 0 Å². The molecule has 1 amide bonds. The third-order valence-electron chi connectivity index (χ3n) is 7.64. The molecule has 3 heterocycles. The monoisotopic (exact) mass is 459 g/mol. The molecule has 1 aliphatic carbocycles. The second kappa shape index (κ2) is 9.16. The van der Waals surface area contributed by atoms with Gasteiger partial charge >= 0.3 is 0 Å². The van der Waals surface area contributed by atoms with Crippen LogP contribution in [0, 0.1) is 23.6 Å². The summed E-state index contributed by atoms with van der Waals surface area (Å²) in [4.78, 5) is 13.8. The molecule has 32 heavy (non-hydrogen) atoms. The molecule has 1 unspecified atom stereocenters. The zero-order valence-corrected chi connectivity index (χ0v) is 18.9. The zero-order chi connectivity index (χ0) is 22.2. The number of nitrogens with one attached hydrogen (secondary N) is 1. The van der Waals surface area contributed by atoms with E-state index in [1.54, 1.807) is 0 Å². The average Bonchev–Trinajstić information content (AvgIpc) is 2.79. The fourth-order valence-corrected chi connectivity index (χ4v) is 6.15. The number of carbonyl (C=O) groups excluding carboxylic acids is 1. The van der Waals surface area contributed by atoms with Crippen LogP contribution in [0.2, 0.25) is 5.02 Å². The fraction of sp³-hybridized carbons (Fsp3) is 0.560. The van der Waals surface area contributed by atoms with E-state index in [1.165, 1.54) is 6.07 Å². The minimum atomic E-state index is -0.314. The molecule has 2 saturated heterocycles. The lowest BCUT2D eigenvalue weighted by molar-refractivity contribution is -0.124. The average molecular weight is 460 g/mol. The van der Waals surface area contributed by atoms with E-state index in [0.29, 0.717) is 16.6 Å². The van der Waals surface area contributed by atoms with Crippen molar-refractivity contribution in [2.75, 3.05) is 25.0 Å². The van der Waals surface area contributed by atoms with Crippen LogP contribution in [0.1, 0.15) is 43.8 Å². The summed E-state index contributed by atoms with van der Waals surface area (Å²) in [6.07, 6.45) is 13.0. The quantitative estimate of drug-likeness (QED) is 0.698. The second-order valence-corrected chi connectivity index (χ2v) is 10.1. The van der Waals surface area contributed by atoms with Crippen molar-refractivity contribution in [2.45, 2.75) is 50.4 Å². The number of allylic oxidation sites excluding steroid dienone is 3. The first-order valence-electron chi connectivity index (χ1n) is 11.8. The first-order chi connectivity index (χ1) is 15.5. The molecule has 5 atom stereocenters. The number of nitrogens with two attached hydrogens (primary N) is 1. The number of amides is 1. The lowest BCUT2D eigenvalue weighted by atomic mass is 9.73. The number of fused-ring (bicyclic) bond motifs is 3. The summed E-state index contributed by atoms with van der Waals surface area (Å²) in [6, 6.07) is 3.36. The summed E-state index contributed by atoms with van der Waals surface area (Å²) in [6.45, 7) is 2.56. The van der Waals surface area contributed by atoms with E-state index in [4.69, 9.17) is 22.1 Å². The summed E-state index contributed by atoms with van der Waals surface area (Å²) in [5, 5.41) is 3.92. The van der Waals surface area contributed by atoms with Gasteiger partial charge in [-0.15, -0.1) is 0 Å². The summed E-state index contributed by atoms with van der Waals surface area (Å²) in [7, 11) is 0. The number of likely N-dealkylation sites (tertiary alicyclic amines) is 1. The number of carbonyl (C=O) groups is 1. The third-order valence-corrected chi connectivity index (χ3v) is 7.86. The van der Waals surface area contributed by atoms with Gasteiger partial charge in [-0.25, -0.2) is 4.39 Å². The van der Waals surface area contributed by atoms with Gasteiger partial charge in [0.05, 0.1) is 17.9 Å². The highest BCUT2D eigenvalue weighted by molar-refractivity contribution is 6.30. The minimum Gasteiger partial charge on any atom is -0.379 e. The van der Waals surface area contributed by atoms with Crippen molar-refractivity contribution in [1.29, 1.82) is 0 Å². The first kappa shape index (κ1) is 21.9. The molecule has 0 radical (unpaired) electrons. The van der Waals surface area contributed by atoms with Crippen LogP contribution in [0.5, 0.6) is 0 Å². The van der Waals surface area contributed by atoms with E-state index in [2.05, 4.69) is 34.5 Å². The summed E-state index contributed by atoms with van der Waals surface area (Å²) in [5.74, 6) is 0.0551. The number of hydrogen-bond donors (Lipinski definition) is 2. The van der Waals surface area contributed by atoms with Gasteiger partial charge in [-0.3, -0.25) is 4.79 Å². The number of benzene rings is 1. The summed E-state index contributed by atoms with van der Waals surface area (Å²) >= 11 is 6.24. The maximum atomic E-state index is 14.9. The maximum Gasteiger partial charge on any atom is 0.220 e. The molecular formula is C25H31ClFN3O2. The van der Waals surface area contributed by atoms with Crippen molar-refractivity contribution in [3.05, 3.63) is 52.8 Å². The molecule has 0 spiro atoms. The number of piperidine rings is 1. The molecule has 4 aliphatic rings. The van der Waals surface area contributed by atoms with Gasteiger partial charge in [-0.1, -0.05) is 35.9 Å². The normalized spacial score (nSPS) is 32.8. The number of nitrogens with zero attached hydrogens (tertiary/aromatic N) is 1. The second-order valence-electron chi connectivity index (χ2n) is 9.63. The Morgan fingerprint density at radius 2 is 2.03 bits per heavy atom. The molecule has 0 saturated carbocycles. The SMILES string of the molecule is NC(=O)C1CCN(C[C@H]2CC[C@@H]3[C@H](O2)c2cc(Cl)cc(F)c2N[C@H]3C2C=CC=CC2)CC1. The Bertz CT molecular complexity index is 928. The van der Waals surface area contributed by atoms with Crippen LogP contribution in [-0.2, 0) is 9.53 Å². The largest absolute Gasteiger partial charge is 0.379 e. The molecule has 0 bridgehead atoms. The minimum absolute atomic E-state index is 0.0114. The Hall–Kier alpha value is -1.89. The number of hydrogen-bond acceptors (Lipinski definition) is 4. The maximum absolute atomic E-state index is 14.9. The fourth-order valence-electron chi connectivity index (χ4n) is 5.93. The number of primary amides is 1. The van der Waals surface area contributed by atoms with Gasteiger partial charge in [0, 0.05) is 40.9 Å². The molecule has 0 aromatic heterocycles. The van der Waals surface area contributed by atoms with Gasteiger partial charge in [-0.05, 0) is 57.3 Å². The van der Waals surface area contributed by atoms with Gasteiger partial charge in [0.2, 0.25) is 5.91 Å². The van der Waals surface area contributed by atoms with Crippen molar-refractivity contribution in [3.63, 3.8) is 0 Å². The van der Waals surface area contributed by atoms with Gasteiger partial charge in [0.15, 0.2) is 0 Å². The van der Waals surface area contributed by atoms with Crippen molar-refractivity contribution < 1.29 is 13.9 Å². The summed E-state index contributed by atoms with van der Waals surface area (Å²) < 4.78 is 21.6. The Kier molecular flexibility index (Phi) is 6.28. The Labute approximate surface area is 193 Å². The smallest absolute Gasteiger partial charge is 0.220 e. The van der Waals surface area contributed by atoms with Crippen LogP contribution in [0.15, 0.2) is 36.4 Å². The predicted octanol–water partition coefficient (Wildman–Crippen LogP) is 4.44. The zero-order valence-electron chi connectivity index (χ0n) is 18.2. The highest BCUT2D eigenvalue weighted by Crippen LogP contribution is 2.49. The van der Waals surface area contributed by atoms with E-state index < -0.39 is 0 Å². The Morgan fingerprint density at radius 3 is 2.75 bits per heavy atom. The molecule has 5 nitrogen and oxygen atoms in total. The van der Waals surface area contributed by atoms with Crippen molar-refractivity contribution >= 4 is 23.2 Å². The van der Waals surface area contributed by atoms with Crippen molar-refractivity contribution in [2.24, 2.45) is 23.5 Å². The van der Waals surface area contributed by atoms with Crippen molar-refractivity contribution in [3.8, 4) is 0 Å². The Balaban J connectivity index is 1.34. The molecule has 5 rings (SSSR count). The molecular weight excluding hydrogens is 429 g/mol. The number of rotatable bonds is 4.